The number of aliphatic hydroxyl groups excluding tert-OH is 1. The molecule has 0 fully saturated rings. The number of hydrogen-bond acceptors (Lipinski definition) is 1. The van der Waals surface area contributed by atoms with Crippen molar-refractivity contribution in [3.05, 3.63) is 34.4 Å². The van der Waals surface area contributed by atoms with Gasteiger partial charge in [-0.15, -0.1) is 0 Å². The Balaban J connectivity index is 2.41. The van der Waals surface area contributed by atoms with E-state index in [-0.39, 0.29) is 0 Å². The van der Waals surface area contributed by atoms with E-state index in [0.29, 0.717) is 12.5 Å². The molecule has 1 N–H and O–H groups in total. The van der Waals surface area contributed by atoms with Gasteiger partial charge < -0.3 is 5.11 Å². The summed E-state index contributed by atoms with van der Waals surface area (Å²) in [4.78, 5) is 0. The fourth-order valence-electron chi connectivity index (χ4n) is 2.87. The molecular formula is C14H20O. The highest BCUT2D eigenvalue weighted by Gasteiger charge is 2.21. The van der Waals surface area contributed by atoms with E-state index < -0.39 is 0 Å². The second-order valence-corrected chi connectivity index (χ2v) is 4.75. The summed E-state index contributed by atoms with van der Waals surface area (Å²) < 4.78 is 0. The van der Waals surface area contributed by atoms with Crippen LogP contribution in [0.15, 0.2) is 12.1 Å². The fraction of sp³-hybridized carbons (Fsp3) is 0.571. The lowest BCUT2D eigenvalue weighted by Gasteiger charge is -2.27. The van der Waals surface area contributed by atoms with Crippen LogP contribution in [-0.2, 0) is 6.42 Å². The zero-order valence-electron chi connectivity index (χ0n) is 9.71. The van der Waals surface area contributed by atoms with E-state index in [4.69, 9.17) is 5.11 Å². The molecule has 1 heteroatoms. The minimum Gasteiger partial charge on any atom is -0.396 e. The Morgan fingerprint density at radius 3 is 2.87 bits per heavy atom. The minimum atomic E-state index is 0.317. The second-order valence-electron chi connectivity index (χ2n) is 4.75. The molecule has 1 aliphatic carbocycles. The maximum Gasteiger partial charge on any atom is 0.0436 e. The van der Waals surface area contributed by atoms with Crippen LogP contribution in [0.2, 0.25) is 0 Å². The van der Waals surface area contributed by atoms with Crippen molar-refractivity contribution in [2.24, 2.45) is 0 Å². The topological polar surface area (TPSA) is 20.2 Å². The number of hydrogen-bond donors (Lipinski definition) is 1. The van der Waals surface area contributed by atoms with Crippen molar-refractivity contribution in [3.63, 3.8) is 0 Å². The first-order valence-corrected chi connectivity index (χ1v) is 5.93. The Labute approximate surface area is 92.1 Å². The minimum absolute atomic E-state index is 0.317. The van der Waals surface area contributed by atoms with Gasteiger partial charge in [-0.25, -0.2) is 0 Å². The third-order valence-corrected chi connectivity index (χ3v) is 3.55. The van der Waals surface area contributed by atoms with Gasteiger partial charge in [-0.05, 0) is 62.1 Å². The molecular weight excluding hydrogens is 184 g/mol. The zero-order chi connectivity index (χ0) is 10.8. The lowest BCUT2D eigenvalue weighted by Crippen LogP contribution is -2.12. The summed E-state index contributed by atoms with van der Waals surface area (Å²) in [6.45, 7) is 4.70. The van der Waals surface area contributed by atoms with Crippen molar-refractivity contribution >= 4 is 0 Å². The molecule has 2 rings (SSSR count). The number of aliphatic hydroxyl groups is 1. The first kappa shape index (κ1) is 10.7. The van der Waals surface area contributed by atoms with Gasteiger partial charge in [-0.1, -0.05) is 17.7 Å². The predicted molar refractivity (Wildman–Crippen MR) is 63.3 cm³/mol. The molecule has 0 saturated heterocycles. The molecule has 0 aliphatic heterocycles. The first-order valence-electron chi connectivity index (χ1n) is 5.93. The average Bonchev–Trinajstić information content (AvgIpc) is 2.19. The predicted octanol–water partition coefficient (Wildman–Crippen LogP) is 3.11. The quantitative estimate of drug-likeness (QED) is 0.784. The van der Waals surface area contributed by atoms with Crippen LogP contribution in [0.4, 0.5) is 0 Å². The van der Waals surface area contributed by atoms with E-state index in [2.05, 4.69) is 26.0 Å². The molecule has 0 radical (unpaired) electrons. The van der Waals surface area contributed by atoms with Gasteiger partial charge in [-0.3, -0.25) is 0 Å². The number of aryl methyl sites for hydroxylation is 2. The molecule has 0 saturated carbocycles. The van der Waals surface area contributed by atoms with Gasteiger partial charge in [0.2, 0.25) is 0 Å². The molecule has 1 aliphatic rings. The lowest BCUT2D eigenvalue weighted by atomic mass is 9.79. The van der Waals surface area contributed by atoms with Crippen LogP contribution < -0.4 is 0 Å². The molecule has 1 unspecified atom stereocenters. The summed E-state index contributed by atoms with van der Waals surface area (Å²) in [5, 5.41) is 9.08. The summed E-state index contributed by atoms with van der Waals surface area (Å²) >= 11 is 0. The third kappa shape index (κ3) is 2.07. The number of benzene rings is 1. The third-order valence-electron chi connectivity index (χ3n) is 3.55. The van der Waals surface area contributed by atoms with Crippen molar-refractivity contribution in [1.82, 2.24) is 0 Å². The molecule has 0 spiro atoms. The number of rotatable bonds is 2. The highest BCUT2D eigenvalue weighted by atomic mass is 16.3. The summed E-state index contributed by atoms with van der Waals surface area (Å²) in [6, 6.07) is 4.60. The van der Waals surface area contributed by atoms with Crippen LogP contribution in [-0.4, -0.2) is 11.7 Å². The van der Waals surface area contributed by atoms with E-state index in [0.717, 1.165) is 6.42 Å². The molecule has 0 bridgehead atoms. The molecule has 0 heterocycles. The van der Waals surface area contributed by atoms with Crippen molar-refractivity contribution < 1.29 is 5.11 Å². The Morgan fingerprint density at radius 1 is 1.33 bits per heavy atom. The Hall–Kier alpha value is -0.820. The zero-order valence-corrected chi connectivity index (χ0v) is 9.71. The molecule has 82 valence electrons. The molecule has 1 aromatic rings. The maximum absolute atomic E-state index is 9.08. The summed E-state index contributed by atoms with van der Waals surface area (Å²) in [7, 11) is 0. The summed E-state index contributed by atoms with van der Waals surface area (Å²) in [5.41, 5.74) is 5.85. The SMILES string of the molecule is Cc1cc(C)c2c(c1)C(CCO)CCC2. The van der Waals surface area contributed by atoms with E-state index in [1.807, 2.05) is 0 Å². The van der Waals surface area contributed by atoms with Crippen molar-refractivity contribution in [3.8, 4) is 0 Å². The van der Waals surface area contributed by atoms with Gasteiger partial charge >= 0.3 is 0 Å². The monoisotopic (exact) mass is 204 g/mol. The van der Waals surface area contributed by atoms with Crippen LogP contribution >= 0.6 is 0 Å². The summed E-state index contributed by atoms with van der Waals surface area (Å²) in [6.07, 6.45) is 4.68. The first-order chi connectivity index (χ1) is 7.22. The van der Waals surface area contributed by atoms with Crippen molar-refractivity contribution in [2.45, 2.75) is 45.4 Å². The standard InChI is InChI=1S/C14H20O/c1-10-8-11(2)13-5-3-4-12(6-7-15)14(13)9-10/h8-9,12,15H,3-7H2,1-2H3. The van der Waals surface area contributed by atoms with E-state index in [1.165, 1.54) is 36.0 Å². The van der Waals surface area contributed by atoms with Gasteiger partial charge in [0.15, 0.2) is 0 Å². The Morgan fingerprint density at radius 2 is 2.13 bits per heavy atom. The smallest absolute Gasteiger partial charge is 0.0436 e. The molecule has 1 aromatic carbocycles. The number of fused-ring (bicyclic) bond motifs is 1. The molecule has 0 amide bonds. The van der Waals surface area contributed by atoms with Gasteiger partial charge in [-0.2, -0.15) is 0 Å². The highest BCUT2D eigenvalue weighted by Crippen LogP contribution is 2.35. The maximum atomic E-state index is 9.08. The van der Waals surface area contributed by atoms with Crippen LogP contribution in [0.25, 0.3) is 0 Å². The Bertz CT molecular complexity index is 355. The largest absolute Gasteiger partial charge is 0.396 e. The molecule has 1 nitrogen and oxygen atoms in total. The van der Waals surface area contributed by atoms with Crippen LogP contribution in [0.1, 0.15) is 47.4 Å². The van der Waals surface area contributed by atoms with Crippen LogP contribution in [0.5, 0.6) is 0 Å². The summed E-state index contributed by atoms with van der Waals surface area (Å²) in [5.74, 6) is 0.595. The molecule has 0 aromatic heterocycles. The molecule has 1 atom stereocenters. The lowest BCUT2D eigenvalue weighted by molar-refractivity contribution is 0.269. The van der Waals surface area contributed by atoms with E-state index >= 15 is 0 Å². The normalized spacial score (nSPS) is 20.1. The highest BCUT2D eigenvalue weighted by molar-refractivity contribution is 5.41. The van der Waals surface area contributed by atoms with Gasteiger partial charge in [0.05, 0.1) is 0 Å². The van der Waals surface area contributed by atoms with Crippen molar-refractivity contribution in [2.75, 3.05) is 6.61 Å². The van der Waals surface area contributed by atoms with Crippen LogP contribution in [0, 0.1) is 13.8 Å². The second kappa shape index (κ2) is 4.36. The Kier molecular flexibility index (Phi) is 3.11. The average molecular weight is 204 g/mol. The van der Waals surface area contributed by atoms with Gasteiger partial charge in [0.1, 0.15) is 0 Å². The fourth-order valence-corrected chi connectivity index (χ4v) is 2.87. The van der Waals surface area contributed by atoms with Crippen LogP contribution in [0.3, 0.4) is 0 Å². The van der Waals surface area contributed by atoms with E-state index in [1.54, 1.807) is 5.56 Å². The van der Waals surface area contributed by atoms with Gasteiger partial charge in [0, 0.05) is 6.61 Å². The molecule has 15 heavy (non-hydrogen) atoms. The van der Waals surface area contributed by atoms with E-state index in [9.17, 15) is 0 Å². The van der Waals surface area contributed by atoms with Crippen molar-refractivity contribution in [1.29, 1.82) is 0 Å². The van der Waals surface area contributed by atoms with Gasteiger partial charge in [0.25, 0.3) is 0 Å².